The van der Waals surface area contributed by atoms with Crippen LogP contribution in [0.3, 0.4) is 0 Å². The van der Waals surface area contributed by atoms with Gasteiger partial charge in [-0.15, -0.1) is 0 Å². The van der Waals surface area contributed by atoms with Crippen molar-refractivity contribution in [2.75, 3.05) is 13.7 Å². The number of nitrogens with two attached hydrogens (primary N) is 1. The molecule has 1 saturated heterocycles. The summed E-state index contributed by atoms with van der Waals surface area (Å²) in [5, 5.41) is 0. The number of esters is 1. The predicted octanol–water partition coefficient (Wildman–Crippen LogP) is 1.28. The summed E-state index contributed by atoms with van der Waals surface area (Å²) in [6.45, 7) is 3.44. The number of hydrogen-bond donors (Lipinski definition) is 1. The third-order valence-electron chi connectivity index (χ3n) is 4.44. The number of nitrogens with zero attached hydrogens (tertiary/aromatic N) is 1. The van der Waals surface area contributed by atoms with E-state index in [4.69, 9.17) is 10.5 Å². The Kier molecular flexibility index (Phi) is 3.73. The topological polar surface area (TPSA) is 55.6 Å². The predicted molar refractivity (Wildman–Crippen MR) is 66.6 cm³/mol. The number of carbonyl (C=O) groups is 1. The van der Waals surface area contributed by atoms with Crippen LogP contribution in [0.25, 0.3) is 0 Å². The number of piperidine rings is 1. The molecule has 0 aromatic carbocycles. The SMILES string of the molecule is COC(=O)C1(N)CCC(N2CCCCC2C)C1. The van der Waals surface area contributed by atoms with Gasteiger partial charge in [0.1, 0.15) is 5.54 Å². The van der Waals surface area contributed by atoms with Crippen LogP contribution < -0.4 is 5.73 Å². The summed E-state index contributed by atoms with van der Waals surface area (Å²) in [6, 6.07) is 1.10. The Balaban J connectivity index is 1.99. The Morgan fingerprint density at radius 1 is 1.41 bits per heavy atom. The first-order valence-electron chi connectivity index (χ1n) is 6.70. The first-order chi connectivity index (χ1) is 8.07. The molecule has 2 N–H and O–H groups in total. The molecule has 0 aromatic rings. The van der Waals surface area contributed by atoms with Crippen molar-refractivity contribution in [3.8, 4) is 0 Å². The standard InChI is InChI=1S/C13H24N2O2/c1-10-5-3-4-8-15(10)11-6-7-13(14,9-11)12(16)17-2/h10-11H,3-9,14H2,1-2H3. The molecule has 2 rings (SSSR count). The van der Waals surface area contributed by atoms with Gasteiger partial charge in [0.05, 0.1) is 7.11 Å². The molecule has 4 nitrogen and oxygen atoms in total. The molecule has 1 aliphatic heterocycles. The summed E-state index contributed by atoms with van der Waals surface area (Å²) in [5.41, 5.74) is 5.41. The van der Waals surface area contributed by atoms with Crippen molar-refractivity contribution in [1.82, 2.24) is 4.90 Å². The largest absolute Gasteiger partial charge is 0.468 e. The van der Waals surface area contributed by atoms with Crippen LogP contribution in [0.1, 0.15) is 45.4 Å². The monoisotopic (exact) mass is 240 g/mol. The summed E-state index contributed by atoms with van der Waals surface area (Å²) in [4.78, 5) is 14.2. The molecular formula is C13H24N2O2. The fraction of sp³-hybridized carbons (Fsp3) is 0.923. The summed E-state index contributed by atoms with van der Waals surface area (Å²) < 4.78 is 4.82. The molecular weight excluding hydrogens is 216 g/mol. The first-order valence-corrected chi connectivity index (χ1v) is 6.70. The number of rotatable bonds is 2. The maximum Gasteiger partial charge on any atom is 0.325 e. The Hall–Kier alpha value is -0.610. The number of ether oxygens (including phenoxy) is 1. The van der Waals surface area contributed by atoms with Crippen molar-refractivity contribution < 1.29 is 9.53 Å². The maximum atomic E-state index is 11.7. The molecule has 3 atom stereocenters. The van der Waals surface area contributed by atoms with Crippen molar-refractivity contribution in [3.63, 3.8) is 0 Å². The van der Waals surface area contributed by atoms with Gasteiger partial charge in [0.25, 0.3) is 0 Å². The Labute approximate surface area is 103 Å². The van der Waals surface area contributed by atoms with E-state index in [2.05, 4.69) is 11.8 Å². The molecule has 0 amide bonds. The summed E-state index contributed by atoms with van der Waals surface area (Å²) in [6.07, 6.45) is 6.41. The van der Waals surface area contributed by atoms with Gasteiger partial charge >= 0.3 is 5.97 Å². The van der Waals surface area contributed by atoms with Crippen molar-refractivity contribution in [2.24, 2.45) is 5.73 Å². The van der Waals surface area contributed by atoms with Crippen LogP contribution >= 0.6 is 0 Å². The van der Waals surface area contributed by atoms with Gasteiger partial charge in [0, 0.05) is 12.1 Å². The minimum absolute atomic E-state index is 0.246. The second kappa shape index (κ2) is 4.94. The highest BCUT2D eigenvalue weighted by Gasteiger charge is 2.45. The molecule has 98 valence electrons. The lowest BCUT2D eigenvalue weighted by molar-refractivity contribution is -0.147. The van der Waals surface area contributed by atoms with Crippen molar-refractivity contribution in [3.05, 3.63) is 0 Å². The van der Waals surface area contributed by atoms with E-state index >= 15 is 0 Å². The summed E-state index contributed by atoms with van der Waals surface area (Å²) >= 11 is 0. The Bertz CT molecular complexity index is 295. The zero-order valence-electron chi connectivity index (χ0n) is 10.9. The molecule has 3 unspecified atom stereocenters. The van der Waals surface area contributed by atoms with Crippen LogP contribution in [-0.4, -0.2) is 42.1 Å². The summed E-state index contributed by atoms with van der Waals surface area (Å²) in [7, 11) is 1.42. The van der Waals surface area contributed by atoms with Gasteiger partial charge in [-0.2, -0.15) is 0 Å². The second-order valence-corrected chi connectivity index (χ2v) is 5.63. The molecule has 2 aliphatic rings. The zero-order chi connectivity index (χ0) is 12.5. The molecule has 0 spiro atoms. The van der Waals surface area contributed by atoms with Gasteiger partial charge in [-0.25, -0.2) is 0 Å². The average molecular weight is 240 g/mol. The van der Waals surface area contributed by atoms with E-state index < -0.39 is 5.54 Å². The second-order valence-electron chi connectivity index (χ2n) is 5.63. The highest BCUT2D eigenvalue weighted by atomic mass is 16.5. The Morgan fingerprint density at radius 2 is 2.18 bits per heavy atom. The summed E-state index contributed by atoms with van der Waals surface area (Å²) in [5.74, 6) is -0.246. The van der Waals surface area contributed by atoms with E-state index in [1.165, 1.54) is 26.4 Å². The van der Waals surface area contributed by atoms with E-state index in [0.29, 0.717) is 12.1 Å². The molecule has 2 fully saturated rings. The third kappa shape index (κ3) is 2.47. The molecule has 0 bridgehead atoms. The smallest absolute Gasteiger partial charge is 0.325 e. The molecule has 4 heteroatoms. The lowest BCUT2D eigenvalue weighted by Gasteiger charge is -2.38. The molecule has 0 aromatic heterocycles. The highest BCUT2D eigenvalue weighted by molar-refractivity contribution is 5.81. The number of carbonyl (C=O) groups excluding carboxylic acids is 1. The lowest BCUT2D eigenvalue weighted by atomic mass is 9.97. The van der Waals surface area contributed by atoms with Crippen LogP contribution in [0, 0.1) is 0 Å². The van der Waals surface area contributed by atoms with Crippen LogP contribution in [0.15, 0.2) is 0 Å². The molecule has 1 saturated carbocycles. The van der Waals surface area contributed by atoms with Gasteiger partial charge in [-0.05, 0) is 45.6 Å². The van der Waals surface area contributed by atoms with Gasteiger partial charge in [0.15, 0.2) is 0 Å². The molecule has 1 aliphatic carbocycles. The van der Waals surface area contributed by atoms with Crippen LogP contribution in [0.2, 0.25) is 0 Å². The highest BCUT2D eigenvalue weighted by Crippen LogP contribution is 2.35. The van der Waals surface area contributed by atoms with Crippen molar-refractivity contribution in [1.29, 1.82) is 0 Å². The first kappa shape index (κ1) is 12.8. The third-order valence-corrected chi connectivity index (χ3v) is 4.44. The normalized spacial score (nSPS) is 39.2. The number of methoxy groups -OCH3 is 1. The minimum atomic E-state index is -0.740. The quantitative estimate of drug-likeness (QED) is 0.739. The van der Waals surface area contributed by atoms with Gasteiger partial charge in [-0.1, -0.05) is 6.42 Å². The van der Waals surface area contributed by atoms with E-state index in [1.807, 2.05) is 0 Å². The van der Waals surface area contributed by atoms with Crippen LogP contribution in [0.4, 0.5) is 0 Å². The number of hydrogen-bond acceptors (Lipinski definition) is 4. The van der Waals surface area contributed by atoms with Gasteiger partial charge < -0.3 is 10.5 Å². The molecule has 0 radical (unpaired) electrons. The van der Waals surface area contributed by atoms with E-state index in [-0.39, 0.29) is 5.97 Å². The fourth-order valence-electron chi connectivity index (χ4n) is 3.38. The average Bonchev–Trinajstić information content (AvgIpc) is 2.72. The van der Waals surface area contributed by atoms with Crippen LogP contribution in [0.5, 0.6) is 0 Å². The van der Waals surface area contributed by atoms with Gasteiger partial charge in [0.2, 0.25) is 0 Å². The van der Waals surface area contributed by atoms with Crippen molar-refractivity contribution >= 4 is 5.97 Å². The zero-order valence-corrected chi connectivity index (χ0v) is 10.9. The van der Waals surface area contributed by atoms with E-state index in [1.54, 1.807) is 0 Å². The molecule has 1 heterocycles. The maximum absolute atomic E-state index is 11.7. The fourth-order valence-corrected chi connectivity index (χ4v) is 3.38. The van der Waals surface area contributed by atoms with Crippen LogP contribution in [-0.2, 0) is 9.53 Å². The number of likely N-dealkylation sites (tertiary alicyclic amines) is 1. The lowest BCUT2D eigenvalue weighted by Crippen LogP contribution is -2.50. The minimum Gasteiger partial charge on any atom is -0.468 e. The van der Waals surface area contributed by atoms with E-state index in [9.17, 15) is 4.79 Å². The Morgan fingerprint density at radius 3 is 2.82 bits per heavy atom. The van der Waals surface area contributed by atoms with Gasteiger partial charge in [-0.3, -0.25) is 9.69 Å². The van der Waals surface area contributed by atoms with Crippen molar-refractivity contribution in [2.45, 2.75) is 63.1 Å². The van der Waals surface area contributed by atoms with E-state index in [0.717, 1.165) is 25.8 Å². The molecule has 17 heavy (non-hydrogen) atoms.